The molecule has 1 aromatic carbocycles. The van der Waals surface area contributed by atoms with E-state index in [1.54, 1.807) is 0 Å². The summed E-state index contributed by atoms with van der Waals surface area (Å²) in [4.78, 5) is 52.6. The molecule has 0 aromatic heterocycles. The summed E-state index contributed by atoms with van der Waals surface area (Å²) in [5.74, 6) is -2.12. The fourth-order valence-electron chi connectivity index (χ4n) is 1.19. The van der Waals surface area contributed by atoms with Gasteiger partial charge in [0, 0.05) is 23.3 Å². The second kappa shape index (κ2) is 4.88. The Morgan fingerprint density at radius 2 is 1.59 bits per heavy atom. The van der Waals surface area contributed by atoms with E-state index >= 15 is 0 Å². The number of non-ortho nitro benzene ring substituents is 1. The number of nitrogens with zero attached hydrogens (tertiary/aromatic N) is 1. The number of carbonyl (C=O) groups excluding carboxylic acids is 4. The Bertz CT molecular complexity index is 534. The smallest absolute Gasteiger partial charge is 0.270 e. The van der Waals surface area contributed by atoms with Gasteiger partial charge < -0.3 is 0 Å². The largest absolute Gasteiger partial charge is 0.294 e. The first-order valence-electron chi connectivity index (χ1n) is 4.28. The molecule has 0 fully saturated rings. The number of carbonyl (C=O) groups is 4. The van der Waals surface area contributed by atoms with E-state index in [-0.39, 0.29) is 18.1 Å². The Morgan fingerprint density at radius 3 is 2.06 bits per heavy atom. The zero-order chi connectivity index (χ0) is 13.0. The summed E-state index contributed by atoms with van der Waals surface area (Å²) in [6.45, 7) is 0. The maximum Gasteiger partial charge on any atom is 0.270 e. The summed E-state index contributed by atoms with van der Waals surface area (Å²) in [6, 6.07) is 2.72. The molecule has 0 unspecified atom stereocenters. The van der Waals surface area contributed by atoms with Crippen LogP contribution in [0.25, 0.3) is 0 Å². The van der Waals surface area contributed by atoms with Gasteiger partial charge in [0.15, 0.2) is 12.6 Å². The van der Waals surface area contributed by atoms with Crippen molar-refractivity contribution in [2.45, 2.75) is 0 Å². The number of hydrogen-bond acceptors (Lipinski definition) is 6. The van der Waals surface area contributed by atoms with E-state index in [2.05, 4.69) is 0 Å². The first-order valence-corrected chi connectivity index (χ1v) is 4.28. The van der Waals surface area contributed by atoms with E-state index in [0.29, 0.717) is 0 Å². The first-order chi connectivity index (χ1) is 8.01. The molecule has 1 aromatic rings. The minimum absolute atomic E-state index is 0.0389. The average Bonchev–Trinajstić information content (AvgIpc) is 2.35. The molecule has 0 spiro atoms. The molecule has 0 amide bonds. The fraction of sp³-hybridized carbons (Fsp3) is 0. The highest BCUT2D eigenvalue weighted by atomic mass is 16.6. The monoisotopic (exact) mass is 235 g/mol. The van der Waals surface area contributed by atoms with Gasteiger partial charge in [-0.05, 0) is 6.07 Å². The summed E-state index contributed by atoms with van der Waals surface area (Å²) in [7, 11) is 0. The van der Waals surface area contributed by atoms with Gasteiger partial charge in [0.05, 0.1) is 4.92 Å². The lowest BCUT2D eigenvalue weighted by molar-refractivity contribution is -0.384. The molecular formula is C10H5NO6. The minimum atomic E-state index is -1.10. The summed E-state index contributed by atoms with van der Waals surface area (Å²) in [5, 5.41) is 10.5. The third-order valence-corrected chi connectivity index (χ3v) is 1.96. The van der Waals surface area contributed by atoms with E-state index in [1.807, 2.05) is 0 Å². The van der Waals surface area contributed by atoms with Crippen molar-refractivity contribution in [1.29, 1.82) is 0 Å². The van der Waals surface area contributed by atoms with E-state index in [4.69, 9.17) is 0 Å². The highest BCUT2D eigenvalue weighted by Gasteiger charge is 2.19. The Hall–Kier alpha value is -2.70. The molecule has 0 radical (unpaired) electrons. The van der Waals surface area contributed by atoms with Crippen LogP contribution in [0, 0.1) is 10.1 Å². The van der Waals surface area contributed by atoms with Crippen molar-refractivity contribution in [3.8, 4) is 0 Å². The lowest BCUT2D eigenvalue weighted by atomic mass is 10.0. The lowest BCUT2D eigenvalue weighted by Gasteiger charge is -2.01. The van der Waals surface area contributed by atoms with E-state index in [9.17, 15) is 29.3 Å². The lowest BCUT2D eigenvalue weighted by Crippen LogP contribution is -2.11. The van der Waals surface area contributed by atoms with Gasteiger partial charge in [0.2, 0.25) is 11.6 Å². The first kappa shape index (κ1) is 12.4. The molecule has 0 bridgehead atoms. The van der Waals surface area contributed by atoms with Crippen molar-refractivity contribution in [3.63, 3.8) is 0 Å². The predicted molar refractivity (Wildman–Crippen MR) is 53.9 cm³/mol. The normalized spacial score (nSPS) is 9.41. The Labute approximate surface area is 94.2 Å². The van der Waals surface area contributed by atoms with Crippen LogP contribution in [0.3, 0.4) is 0 Å². The molecule has 86 valence electrons. The highest BCUT2D eigenvalue weighted by Crippen LogP contribution is 2.18. The predicted octanol–water partition coefficient (Wildman–Crippen LogP) is 0.358. The second-order valence-corrected chi connectivity index (χ2v) is 2.95. The van der Waals surface area contributed by atoms with Crippen molar-refractivity contribution in [2.24, 2.45) is 0 Å². The van der Waals surface area contributed by atoms with Crippen LogP contribution >= 0.6 is 0 Å². The summed E-state index contributed by atoms with van der Waals surface area (Å²) in [5.41, 5.74) is -1.23. The van der Waals surface area contributed by atoms with Crippen molar-refractivity contribution < 1.29 is 24.1 Å². The molecule has 0 saturated heterocycles. The summed E-state index contributed by atoms with van der Waals surface area (Å²) < 4.78 is 0. The van der Waals surface area contributed by atoms with Gasteiger partial charge in [-0.25, -0.2) is 0 Å². The molecule has 7 nitrogen and oxygen atoms in total. The van der Waals surface area contributed by atoms with Crippen LogP contribution in [0.1, 0.15) is 20.7 Å². The SMILES string of the molecule is O=CC(=O)c1ccc([N+](=O)[O-])cc1C(=O)C=O. The van der Waals surface area contributed by atoms with Crippen LogP contribution in [-0.2, 0) is 9.59 Å². The molecule has 0 aliphatic rings. The molecule has 1 rings (SSSR count). The van der Waals surface area contributed by atoms with Crippen LogP contribution in [0.5, 0.6) is 0 Å². The second-order valence-electron chi connectivity index (χ2n) is 2.95. The van der Waals surface area contributed by atoms with E-state index in [0.717, 1.165) is 18.2 Å². The van der Waals surface area contributed by atoms with Crippen molar-refractivity contribution in [3.05, 3.63) is 39.4 Å². The molecule has 17 heavy (non-hydrogen) atoms. The van der Waals surface area contributed by atoms with Crippen LogP contribution in [0.4, 0.5) is 5.69 Å². The minimum Gasteiger partial charge on any atom is -0.294 e. The highest BCUT2D eigenvalue weighted by molar-refractivity contribution is 6.40. The molecule has 0 N–H and O–H groups in total. The summed E-state index contributed by atoms with van der Waals surface area (Å²) >= 11 is 0. The van der Waals surface area contributed by atoms with E-state index < -0.39 is 27.7 Å². The van der Waals surface area contributed by atoms with Crippen LogP contribution in [0.2, 0.25) is 0 Å². The van der Waals surface area contributed by atoms with Gasteiger partial charge >= 0.3 is 0 Å². The maximum atomic E-state index is 11.2. The van der Waals surface area contributed by atoms with Gasteiger partial charge in [0.25, 0.3) is 5.69 Å². The Balaban J connectivity index is 3.46. The molecular weight excluding hydrogens is 230 g/mol. The fourth-order valence-corrected chi connectivity index (χ4v) is 1.19. The molecule has 0 aliphatic carbocycles. The van der Waals surface area contributed by atoms with E-state index in [1.165, 1.54) is 0 Å². The van der Waals surface area contributed by atoms with Gasteiger partial charge in [-0.2, -0.15) is 0 Å². The number of Topliss-reactive ketones (excluding diaryl/α,β-unsaturated/α-hetero) is 2. The molecule has 7 heteroatoms. The number of rotatable bonds is 5. The zero-order valence-corrected chi connectivity index (χ0v) is 8.28. The van der Waals surface area contributed by atoms with Gasteiger partial charge in [0.1, 0.15) is 0 Å². The van der Waals surface area contributed by atoms with Crippen LogP contribution < -0.4 is 0 Å². The number of nitro benzene ring substituents is 1. The zero-order valence-electron chi connectivity index (χ0n) is 8.28. The number of ketones is 2. The molecule has 0 saturated carbocycles. The number of hydrogen-bond donors (Lipinski definition) is 0. The molecule has 0 aliphatic heterocycles. The average molecular weight is 235 g/mol. The quantitative estimate of drug-likeness (QED) is 0.239. The standard InChI is InChI=1S/C10H5NO6/c12-4-9(14)7-2-1-6(11(16)17)3-8(7)10(15)5-13/h1-5H. The van der Waals surface area contributed by atoms with Gasteiger partial charge in [-0.3, -0.25) is 29.3 Å². The van der Waals surface area contributed by atoms with Crippen molar-refractivity contribution >= 4 is 29.8 Å². The van der Waals surface area contributed by atoms with Crippen molar-refractivity contribution in [2.75, 3.05) is 0 Å². The third kappa shape index (κ3) is 2.46. The number of nitro groups is 1. The van der Waals surface area contributed by atoms with Gasteiger partial charge in [-0.15, -0.1) is 0 Å². The third-order valence-electron chi connectivity index (χ3n) is 1.96. The Morgan fingerprint density at radius 1 is 1.06 bits per heavy atom. The van der Waals surface area contributed by atoms with Crippen LogP contribution in [0.15, 0.2) is 18.2 Å². The molecule has 0 heterocycles. The number of aldehydes is 2. The maximum absolute atomic E-state index is 11.2. The van der Waals surface area contributed by atoms with Crippen molar-refractivity contribution in [1.82, 2.24) is 0 Å². The Kier molecular flexibility index (Phi) is 3.55. The van der Waals surface area contributed by atoms with Gasteiger partial charge in [-0.1, -0.05) is 0 Å². The topological polar surface area (TPSA) is 111 Å². The van der Waals surface area contributed by atoms with Crippen LogP contribution in [-0.4, -0.2) is 29.1 Å². The number of benzene rings is 1. The summed E-state index contributed by atoms with van der Waals surface area (Å²) in [6.07, 6.45) is -0.122. The molecule has 0 atom stereocenters.